The Kier molecular flexibility index (Phi) is 5.02. The summed E-state index contributed by atoms with van der Waals surface area (Å²) in [6.45, 7) is 1.84. The lowest BCUT2D eigenvalue weighted by atomic mass is 10.1. The van der Waals surface area contributed by atoms with Gasteiger partial charge in [0.1, 0.15) is 5.82 Å². The van der Waals surface area contributed by atoms with Crippen molar-refractivity contribution >= 4 is 38.4 Å². The van der Waals surface area contributed by atoms with Crippen molar-refractivity contribution in [1.29, 1.82) is 5.41 Å². The molecule has 0 amide bonds. The molecule has 1 aromatic carbocycles. The van der Waals surface area contributed by atoms with Crippen LogP contribution in [0.5, 0.6) is 0 Å². The molecule has 5 heteroatoms. The number of nitrogens with one attached hydrogen (secondary N) is 1. The molecule has 0 aliphatic rings. The van der Waals surface area contributed by atoms with E-state index in [2.05, 4.69) is 15.9 Å². The zero-order chi connectivity index (χ0) is 12.1. The molecule has 0 bridgehead atoms. The van der Waals surface area contributed by atoms with E-state index >= 15 is 0 Å². The first-order chi connectivity index (χ1) is 7.50. The van der Waals surface area contributed by atoms with Crippen LogP contribution in [-0.2, 0) is 0 Å². The highest BCUT2D eigenvalue weighted by atomic mass is 79.9. The fraction of sp³-hybridized carbons (Fsp3) is 0.182. The second kappa shape index (κ2) is 6.06. The lowest BCUT2D eigenvalue weighted by Crippen LogP contribution is -2.03. The summed E-state index contributed by atoms with van der Waals surface area (Å²) in [6.07, 6.45) is 1.86. The lowest BCUT2D eigenvalue weighted by Gasteiger charge is -2.04. The van der Waals surface area contributed by atoms with Gasteiger partial charge in [0, 0.05) is 15.8 Å². The van der Waals surface area contributed by atoms with Crippen LogP contribution in [0.3, 0.4) is 0 Å². The van der Waals surface area contributed by atoms with Gasteiger partial charge >= 0.3 is 0 Å². The first-order valence-electron chi connectivity index (χ1n) is 4.59. The van der Waals surface area contributed by atoms with Gasteiger partial charge in [-0.1, -0.05) is 33.8 Å². The van der Waals surface area contributed by atoms with Gasteiger partial charge in [0.25, 0.3) is 0 Å². The summed E-state index contributed by atoms with van der Waals surface area (Å²) in [6, 6.07) is 4.82. The molecular formula is C11H12BrFN2S. The Hall–Kier alpha value is -0.810. The molecular weight excluding hydrogens is 291 g/mol. The van der Waals surface area contributed by atoms with Crippen molar-refractivity contribution in [2.24, 2.45) is 5.73 Å². The van der Waals surface area contributed by atoms with Crippen LogP contribution in [0.4, 0.5) is 4.39 Å². The molecule has 0 aromatic heterocycles. The highest BCUT2D eigenvalue weighted by Crippen LogP contribution is 2.22. The first kappa shape index (κ1) is 13.3. The Balaban J connectivity index is 2.82. The quantitative estimate of drug-likeness (QED) is 0.662. The van der Waals surface area contributed by atoms with Crippen molar-refractivity contribution in [3.63, 3.8) is 0 Å². The predicted octanol–water partition coefficient (Wildman–Crippen LogP) is 3.62. The van der Waals surface area contributed by atoms with Crippen molar-refractivity contribution in [3.05, 3.63) is 40.1 Å². The summed E-state index contributed by atoms with van der Waals surface area (Å²) in [4.78, 5) is 0. The first-order valence-corrected chi connectivity index (χ1v) is 6.37. The van der Waals surface area contributed by atoms with E-state index in [1.165, 1.54) is 17.8 Å². The molecule has 86 valence electrons. The zero-order valence-electron chi connectivity index (χ0n) is 8.76. The normalized spacial score (nSPS) is 11.6. The lowest BCUT2D eigenvalue weighted by molar-refractivity contribution is 0.623. The Bertz CT molecular complexity index is 432. The summed E-state index contributed by atoms with van der Waals surface area (Å²) in [5.41, 5.74) is 6.62. The van der Waals surface area contributed by atoms with E-state index in [0.29, 0.717) is 11.3 Å². The fourth-order valence-electron chi connectivity index (χ4n) is 1.17. The third-order valence-corrected chi connectivity index (χ3v) is 3.12. The molecule has 0 atom stereocenters. The number of halogens is 2. The van der Waals surface area contributed by atoms with E-state index < -0.39 is 0 Å². The smallest absolute Gasteiger partial charge is 0.151 e. The largest absolute Gasteiger partial charge is 0.379 e. The average molecular weight is 303 g/mol. The van der Waals surface area contributed by atoms with Crippen LogP contribution in [0.15, 0.2) is 28.7 Å². The molecule has 0 unspecified atom stereocenters. The average Bonchev–Trinajstić information content (AvgIpc) is 2.21. The highest BCUT2D eigenvalue weighted by Gasteiger charge is 2.04. The van der Waals surface area contributed by atoms with Crippen LogP contribution in [-0.4, -0.2) is 10.9 Å². The zero-order valence-corrected chi connectivity index (χ0v) is 11.2. The minimum atomic E-state index is -0.246. The van der Waals surface area contributed by atoms with Gasteiger partial charge in [0.15, 0.2) is 5.17 Å². The van der Waals surface area contributed by atoms with Crippen molar-refractivity contribution in [2.45, 2.75) is 6.92 Å². The fourth-order valence-corrected chi connectivity index (χ4v) is 2.04. The molecule has 0 fully saturated rings. The molecule has 0 spiro atoms. The van der Waals surface area contributed by atoms with Gasteiger partial charge < -0.3 is 5.73 Å². The Morgan fingerprint density at radius 1 is 1.62 bits per heavy atom. The molecule has 0 aliphatic carbocycles. The molecule has 1 aromatic rings. The molecule has 2 nitrogen and oxygen atoms in total. The number of hydrogen-bond acceptors (Lipinski definition) is 2. The van der Waals surface area contributed by atoms with Crippen molar-refractivity contribution in [1.82, 2.24) is 0 Å². The second-order valence-corrected chi connectivity index (χ2v) is 5.16. The predicted molar refractivity (Wildman–Crippen MR) is 72.1 cm³/mol. The second-order valence-electron chi connectivity index (χ2n) is 3.19. The molecule has 0 aliphatic heterocycles. The summed E-state index contributed by atoms with van der Waals surface area (Å²) in [7, 11) is 0. The third kappa shape index (κ3) is 3.98. The van der Waals surface area contributed by atoms with Crippen LogP contribution in [0.1, 0.15) is 12.5 Å². The maximum absolute atomic E-state index is 13.5. The maximum Gasteiger partial charge on any atom is 0.151 e. The third-order valence-electron chi connectivity index (χ3n) is 1.98. The van der Waals surface area contributed by atoms with Crippen molar-refractivity contribution in [3.8, 4) is 0 Å². The highest BCUT2D eigenvalue weighted by molar-refractivity contribution is 9.10. The molecule has 0 saturated heterocycles. The SMILES string of the molecule is C/C(=C\CSC(=N)N)c1cc(Br)ccc1F. The summed E-state index contributed by atoms with van der Waals surface area (Å²) >= 11 is 4.52. The monoisotopic (exact) mass is 302 g/mol. The number of benzene rings is 1. The number of nitrogens with two attached hydrogens (primary N) is 1. The Labute approximate surface area is 107 Å². The van der Waals surface area contributed by atoms with Gasteiger partial charge in [0.2, 0.25) is 0 Å². The number of amidine groups is 1. The van der Waals surface area contributed by atoms with Crippen LogP contribution < -0.4 is 5.73 Å². The van der Waals surface area contributed by atoms with Gasteiger partial charge in [-0.15, -0.1) is 0 Å². The number of hydrogen-bond donors (Lipinski definition) is 2. The summed E-state index contributed by atoms with van der Waals surface area (Å²) in [5.74, 6) is 0.331. The van der Waals surface area contributed by atoms with Crippen LogP contribution in [0, 0.1) is 11.2 Å². The van der Waals surface area contributed by atoms with Gasteiger partial charge in [-0.2, -0.15) is 0 Å². The van der Waals surface area contributed by atoms with Gasteiger partial charge in [-0.3, -0.25) is 5.41 Å². The number of allylic oxidation sites excluding steroid dienone is 1. The van der Waals surface area contributed by atoms with E-state index in [-0.39, 0.29) is 11.0 Å². The van der Waals surface area contributed by atoms with Crippen molar-refractivity contribution < 1.29 is 4.39 Å². The topological polar surface area (TPSA) is 49.9 Å². The standard InChI is InChI=1S/C11H12BrFN2S/c1-7(4-5-16-11(14)15)9-6-8(12)2-3-10(9)13/h2-4,6H,5H2,1H3,(H3,14,15)/b7-4+. The summed E-state index contributed by atoms with van der Waals surface area (Å²) in [5, 5.41) is 7.12. The van der Waals surface area contributed by atoms with Gasteiger partial charge in [-0.05, 0) is 30.7 Å². The number of rotatable bonds is 3. The maximum atomic E-state index is 13.5. The van der Waals surface area contributed by atoms with E-state index in [9.17, 15) is 4.39 Å². The minimum absolute atomic E-state index is 0.0683. The molecule has 3 N–H and O–H groups in total. The minimum Gasteiger partial charge on any atom is -0.379 e. The van der Waals surface area contributed by atoms with Gasteiger partial charge in [0.05, 0.1) is 0 Å². The van der Waals surface area contributed by atoms with E-state index in [1.54, 1.807) is 12.1 Å². The molecule has 16 heavy (non-hydrogen) atoms. The molecule has 0 radical (unpaired) electrons. The van der Waals surface area contributed by atoms with Crippen LogP contribution in [0.2, 0.25) is 0 Å². The molecule has 0 heterocycles. The van der Waals surface area contributed by atoms with Crippen LogP contribution in [0.25, 0.3) is 5.57 Å². The molecule has 0 saturated carbocycles. The van der Waals surface area contributed by atoms with E-state index in [0.717, 1.165) is 10.0 Å². The van der Waals surface area contributed by atoms with Crippen LogP contribution >= 0.6 is 27.7 Å². The Morgan fingerprint density at radius 2 is 2.31 bits per heavy atom. The Morgan fingerprint density at radius 3 is 2.94 bits per heavy atom. The van der Waals surface area contributed by atoms with Gasteiger partial charge in [-0.25, -0.2) is 4.39 Å². The van der Waals surface area contributed by atoms with Crippen molar-refractivity contribution in [2.75, 3.05) is 5.75 Å². The molecule has 1 rings (SSSR count). The van der Waals surface area contributed by atoms with E-state index in [4.69, 9.17) is 11.1 Å². The van der Waals surface area contributed by atoms with E-state index in [1.807, 2.05) is 13.0 Å². The summed E-state index contributed by atoms with van der Waals surface area (Å²) < 4.78 is 14.3. The number of thioether (sulfide) groups is 1.